The molecule has 0 aliphatic heterocycles. The molecule has 1 N–H and O–H groups in total. The van der Waals surface area contributed by atoms with Crippen molar-refractivity contribution in [2.45, 2.75) is 19.5 Å². The third-order valence-corrected chi connectivity index (χ3v) is 2.54. The van der Waals surface area contributed by atoms with Crippen LogP contribution in [0.5, 0.6) is 0 Å². The van der Waals surface area contributed by atoms with E-state index in [9.17, 15) is 0 Å². The Bertz CT molecular complexity index is 437. The van der Waals surface area contributed by atoms with E-state index in [-0.39, 0.29) is 6.04 Å². The Balaban J connectivity index is 2.27. The van der Waals surface area contributed by atoms with Crippen molar-refractivity contribution < 1.29 is 0 Å². The van der Waals surface area contributed by atoms with Crippen LogP contribution in [0.2, 0.25) is 0 Å². The summed E-state index contributed by atoms with van der Waals surface area (Å²) in [6, 6.07) is 10.4. The lowest BCUT2D eigenvalue weighted by Crippen LogP contribution is -2.17. The van der Waals surface area contributed by atoms with Crippen LogP contribution in [0.25, 0.3) is 0 Å². The minimum Gasteiger partial charge on any atom is -0.313 e. The van der Waals surface area contributed by atoms with Gasteiger partial charge in [0.15, 0.2) is 5.82 Å². The van der Waals surface area contributed by atoms with E-state index in [1.54, 1.807) is 0 Å². The first-order valence-electron chi connectivity index (χ1n) is 5.29. The average Bonchev–Trinajstić information content (AvgIpc) is 2.78. The molecule has 1 aromatic carbocycles. The zero-order valence-electron chi connectivity index (χ0n) is 9.46. The Morgan fingerprint density at radius 2 is 2.06 bits per heavy atom. The van der Waals surface area contributed by atoms with Crippen molar-refractivity contribution in [1.29, 1.82) is 0 Å². The number of hydrogen-bond acceptors (Lipinski definition) is 4. The van der Waals surface area contributed by atoms with Crippen LogP contribution in [0, 0.1) is 0 Å². The van der Waals surface area contributed by atoms with Crippen LogP contribution in [-0.2, 0) is 6.54 Å². The summed E-state index contributed by atoms with van der Waals surface area (Å²) in [6.45, 7) is 2.76. The third kappa shape index (κ3) is 2.09. The normalized spacial score (nSPS) is 12.6. The fraction of sp³-hybridized carbons (Fsp3) is 0.364. The first kappa shape index (κ1) is 10.8. The quantitative estimate of drug-likeness (QED) is 0.830. The van der Waals surface area contributed by atoms with Gasteiger partial charge in [0.25, 0.3) is 0 Å². The second-order valence-corrected chi connectivity index (χ2v) is 3.66. The van der Waals surface area contributed by atoms with E-state index in [1.165, 1.54) is 5.56 Å². The fourth-order valence-corrected chi connectivity index (χ4v) is 1.66. The van der Waals surface area contributed by atoms with E-state index in [4.69, 9.17) is 0 Å². The number of aromatic nitrogens is 4. The molecule has 1 unspecified atom stereocenters. The fourth-order valence-electron chi connectivity index (χ4n) is 1.66. The molecule has 0 saturated carbocycles. The SMILES string of the molecule is CNCc1nnnn1C(C)c1ccccc1. The standard InChI is InChI=1S/C11H15N5/c1-9(10-6-4-3-5-7-10)16-11(8-12-2)13-14-15-16/h3-7,9,12H,8H2,1-2H3. The molecule has 0 aliphatic rings. The van der Waals surface area contributed by atoms with Crippen LogP contribution in [0.1, 0.15) is 24.4 Å². The number of rotatable bonds is 4. The zero-order valence-corrected chi connectivity index (χ0v) is 9.46. The van der Waals surface area contributed by atoms with E-state index >= 15 is 0 Å². The van der Waals surface area contributed by atoms with Crippen LogP contribution in [-0.4, -0.2) is 27.3 Å². The molecule has 16 heavy (non-hydrogen) atoms. The predicted octanol–water partition coefficient (Wildman–Crippen LogP) is 1.00. The summed E-state index contributed by atoms with van der Waals surface area (Å²) in [5.41, 5.74) is 1.20. The number of nitrogens with one attached hydrogen (secondary N) is 1. The maximum atomic E-state index is 4.03. The van der Waals surface area contributed by atoms with E-state index in [2.05, 4.69) is 39.9 Å². The van der Waals surface area contributed by atoms with Crippen LogP contribution in [0.15, 0.2) is 30.3 Å². The van der Waals surface area contributed by atoms with Gasteiger partial charge in [0, 0.05) is 0 Å². The van der Waals surface area contributed by atoms with Gasteiger partial charge in [-0.25, -0.2) is 4.68 Å². The van der Waals surface area contributed by atoms with Crippen molar-refractivity contribution in [2.24, 2.45) is 0 Å². The molecule has 5 nitrogen and oxygen atoms in total. The smallest absolute Gasteiger partial charge is 0.165 e. The molecule has 0 bridgehead atoms. The molecule has 1 heterocycles. The van der Waals surface area contributed by atoms with Gasteiger partial charge in [-0.3, -0.25) is 0 Å². The Labute approximate surface area is 94.5 Å². The molecule has 0 aliphatic carbocycles. The highest BCUT2D eigenvalue weighted by Crippen LogP contribution is 2.16. The largest absolute Gasteiger partial charge is 0.313 e. The van der Waals surface area contributed by atoms with E-state index in [1.807, 2.05) is 29.9 Å². The highest BCUT2D eigenvalue weighted by atomic mass is 15.6. The van der Waals surface area contributed by atoms with Gasteiger partial charge in [-0.2, -0.15) is 0 Å². The molecular formula is C11H15N5. The van der Waals surface area contributed by atoms with Crippen molar-refractivity contribution in [2.75, 3.05) is 7.05 Å². The number of benzene rings is 1. The maximum absolute atomic E-state index is 4.03. The molecule has 2 rings (SSSR count). The molecule has 2 aromatic rings. The van der Waals surface area contributed by atoms with E-state index in [0.717, 1.165) is 5.82 Å². The van der Waals surface area contributed by atoms with Crippen molar-refractivity contribution in [3.63, 3.8) is 0 Å². The van der Waals surface area contributed by atoms with Crippen molar-refractivity contribution >= 4 is 0 Å². The molecule has 0 spiro atoms. The van der Waals surface area contributed by atoms with Gasteiger partial charge in [-0.05, 0) is 30.0 Å². The minimum absolute atomic E-state index is 0.152. The second kappa shape index (κ2) is 4.85. The predicted molar refractivity (Wildman–Crippen MR) is 60.8 cm³/mol. The van der Waals surface area contributed by atoms with Gasteiger partial charge in [-0.15, -0.1) is 5.10 Å². The van der Waals surface area contributed by atoms with Crippen LogP contribution < -0.4 is 5.32 Å². The van der Waals surface area contributed by atoms with Gasteiger partial charge in [0.2, 0.25) is 0 Å². The lowest BCUT2D eigenvalue weighted by Gasteiger charge is -2.13. The van der Waals surface area contributed by atoms with Crippen LogP contribution in [0.4, 0.5) is 0 Å². The number of nitrogens with zero attached hydrogens (tertiary/aromatic N) is 4. The Hall–Kier alpha value is -1.75. The minimum atomic E-state index is 0.152. The summed E-state index contributed by atoms with van der Waals surface area (Å²) in [4.78, 5) is 0. The Morgan fingerprint density at radius 1 is 1.31 bits per heavy atom. The highest BCUT2D eigenvalue weighted by molar-refractivity contribution is 5.18. The van der Waals surface area contributed by atoms with Gasteiger partial charge in [-0.1, -0.05) is 30.3 Å². The number of hydrogen-bond donors (Lipinski definition) is 1. The molecule has 5 heteroatoms. The molecule has 0 fully saturated rings. The Morgan fingerprint density at radius 3 is 2.75 bits per heavy atom. The van der Waals surface area contributed by atoms with E-state index in [0.29, 0.717) is 6.54 Å². The first-order valence-corrected chi connectivity index (χ1v) is 5.29. The highest BCUT2D eigenvalue weighted by Gasteiger charge is 2.13. The zero-order chi connectivity index (χ0) is 11.4. The summed E-state index contributed by atoms with van der Waals surface area (Å²) in [6.07, 6.45) is 0. The van der Waals surface area contributed by atoms with Crippen molar-refractivity contribution in [3.05, 3.63) is 41.7 Å². The van der Waals surface area contributed by atoms with Gasteiger partial charge >= 0.3 is 0 Å². The molecule has 0 radical (unpaired) electrons. The maximum Gasteiger partial charge on any atom is 0.165 e. The summed E-state index contributed by atoms with van der Waals surface area (Å²) in [7, 11) is 1.88. The molecule has 1 aromatic heterocycles. The lowest BCUT2D eigenvalue weighted by molar-refractivity contribution is 0.513. The molecule has 0 saturated heterocycles. The van der Waals surface area contributed by atoms with Crippen LogP contribution in [0.3, 0.4) is 0 Å². The van der Waals surface area contributed by atoms with Gasteiger partial charge in [0.1, 0.15) is 0 Å². The summed E-state index contributed by atoms with van der Waals surface area (Å²) in [5.74, 6) is 0.846. The van der Waals surface area contributed by atoms with Gasteiger partial charge < -0.3 is 5.32 Å². The lowest BCUT2D eigenvalue weighted by atomic mass is 10.1. The van der Waals surface area contributed by atoms with E-state index < -0.39 is 0 Å². The van der Waals surface area contributed by atoms with Crippen molar-refractivity contribution in [3.8, 4) is 0 Å². The Kier molecular flexibility index (Phi) is 3.26. The molecule has 1 atom stereocenters. The van der Waals surface area contributed by atoms with Crippen molar-refractivity contribution in [1.82, 2.24) is 25.5 Å². The number of tetrazole rings is 1. The topological polar surface area (TPSA) is 55.6 Å². The molecule has 84 valence electrons. The molecule has 0 amide bonds. The second-order valence-electron chi connectivity index (χ2n) is 3.66. The summed E-state index contributed by atoms with van der Waals surface area (Å²) >= 11 is 0. The third-order valence-electron chi connectivity index (χ3n) is 2.54. The first-order chi connectivity index (χ1) is 7.83. The summed E-state index contributed by atoms with van der Waals surface area (Å²) < 4.78 is 1.84. The molecular weight excluding hydrogens is 202 g/mol. The summed E-state index contributed by atoms with van der Waals surface area (Å²) in [5, 5.41) is 14.8. The van der Waals surface area contributed by atoms with Gasteiger partial charge in [0.05, 0.1) is 12.6 Å². The monoisotopic (exact) mass is 217 g/mol. The van der Waals surface area contributed by atoms with Crippen LogP contribution >= 0.6 is 0 Å². The average molecular weight is 217 g/mol.